The molecule has 2 unspecified atom stereocenters. The van der Waals surface area contributed by atoms with Gasteiger partial charge in [0.1, 0.15) is 6.04 Å². The average Bonchev–Trinajstić information content (AvgIpc) is 3.08. The molecule has 0 spiro atoms. The smallest absolute Gasteiger partial charge is 0.249 e. The zero-order valence-corrected chi connectivity index (χ0v) is 13.9. The fourth-order valence-electron chi connectivity index (χ4n) is 3.72. The van der Waals surface area contributed by atoms with Crippen molar-refractivity contribution in [2.45, 2.75) is 37.6 Å². The first kappa shape index (κ1) is 15.7. The van der Waals surface area contributed by atoms with Crippen LogP contribution in [0.2, 0.25) is 0 Å². The van der Waals surface area contributed by atoms with E-state index in [1.165, 1.54) is 0 Å². The Kier molecular flexibility index (Phi) is 4.17. The van der Waals surface area contributed by atoms with Crippen LogP contribution >= 0.6 is 0 Å². The van der Waals surface area contributed by atoms with Gasteiger partial charge in [0.25, 0.3) is 0 Å². The fraction of sp³-hybridized carbons (Fsp3) is 0.368. The third kappa shape index (κ3) is 2.99. The number of amides is 2. The first-order chi connectivity index (χ1) is 12.2. The molecule has 0 aromatic carbocycles. The minimum absolute atomic E-state index is 0.0631. The number of piperidine rings is 1. The van der Waals surface area contributed by atoms with Gasteiger partial charge in [-0.1, -0.05) is 6.07 Å². The fourth-order valence-corrected chi connectivity index (χ4v) is 3.72. The summed E-state index contributed by atoms with van der Waals surface area (Å²) in [6, 6.07) is 7.12. The Labute approximate surface area is 146 Å². The Morgan fingerprint density at radius 2 is 2.08 bits per heavy atom. The van der Waals surface area contributed by atoms with Gasteiger partial charge in [-0.2, -0.15) is 0 Å². The molecule has 2 amide bonds. The van der Waals surface area contributed by atoms with Gasteiger partial charge in [0.05, 0.1) is 23.5 Å². The van der Waals surface area contributed by atoms with Gasteiger partial charge in [0.2, 0.25) is 11.8 Å². The second kappa shape index (κ2) is 6.63. The van der Waals surface area contributed by atoms with Crippen LogP contribution in [0.3, 0.4) is 0 Å². The van der Waals surface area contributed by atoms with Crippen LogP contribution in [0, 0.1) is 0 Å². The molecule has 2 atom stereocenters. The third-order valence-electron chi connectivity index (χ3n) is 4.99. The van der Waals surface area contributed by atoms with Gasteiger partial charge in [-0.15, -0.1) is 0 Å². The number of hydrogen-bond donors (Lipinski definition) is 1. The van der Waals surface area contributed by atoms with Crippen LogP contribution in [-0.4, -0.2) is 34.4 Å². The largest absolute Gasteiger partial charge is 0.344 e. The number of fused-ring (bicyclic) bond motifs is 1. The van der Waals surface area contributed by atoms with E-state index in [2.05, 4.69) is 15.3 Å². The van der Waals surface area contributed by atoms with Crippen molar-refractivity contribution in [3.63, 3.8) is 0 Å². The van der Waals surface area contributed by atoms with E-state index in [1.807, 2.05) is 24.3 Å². The molecule has 1 saturated heterocycles. The third-order valence-corrected chi connectivity index (χ3v) is 4.99. The summed E-state index contributed by atoms with van der Waals surface area (Å²) in [6.45, 7) is 0.657. The van der Waals surface area contributed by atoms with Crippen molar-refractivity contribution < 1.29 is 9.59 Å². The predicted molar refractivity (Wildman–Crippen MR) is 93.1 cm³/mol. The van der Waals surface area contributed by atoms with Gasteiger partial charge in [0.15, 0.2) is 0 Å². The van der Waals surface area contributed by atoms with Gasteiger partial charge in [-0.3, -0.25) is 19.6 Å². The zero-order valence-electron chi connectivity index (χ0n) is 13.9. The number of hydrogen-bond acceptors (Lipinski definition) is 4. The number of aromatic nitrogens is 2. The Morgan fingerprint density at radius 1 is 1.20 bits per heavy atom. The molecular weight excluding hydrogens is 316 g/mol. The van der Waals surface area contributed by atoms with Crippen molar-refractivity contribution in [2.24, 2.45) is 0 Å². The minimum Gasteiger partial charge on any atom is -0.344 e. The first-order valence-electron chi connectivity index (χ1n) is 8.69. The monoisotopic (exact) mass is 336 g/mol. The highest BCUT2D eigenvalue weighted by atomic mass is 16.2. The quantitative estimate of drug-likeness (QED) is 0.928. The molecule has 2 aromatic rings. The van der Waals surface area contributed by atoms with Gasteiger partial charge in [0, 0.05) is 18.9 Å². The lowest BCUT2D eigenvalue weighted by Crippen LogP contribution is -2.53. The maximum Gasteiger partial charge on any atom is 0.249 e. The molecule has 0 saturated carbocycles. The summed E-state index contributed by atoms with van der Waals surface area (Å²) in [5, 5.41) is 2.96. The molecule has 0 radical (unpaired) electrons. The van der Waals surface area contributed by atoms with Crippen molar-refractivity contribution in [3.8, 4) is 0 Å². The van der Waals surface area contributed by atoms with Crippen molar-refractivity contribution in [1.82, 2.24) is 15.3 Å². The molecule has 1 aliphatic carbocycles. The number of rotatable bonds is 3. The summed E-state index contributed by atoms with van der Waals surface area (Å²) in [6.07, 6.45) is 8.22. The number of anilines is 1. The number of nitrogens with one attached hydrogen (secondary N) is 1. The molecule has 3 heterocycles. The second-order valence-electron chi connectivity index (χ2n) is 6.54. The minimum atomic E-state index is -0.478. The van der Waals surface area contributed by atoms with Crippen LogP contribution in [-0.2, 0) is 16.0 Å². The molecule has 4 rings (SSSR count). The summed E-state index contributed by atoms with van der Waals surface area (Å²) >= 11 is 0. The van der Waals surface area contributed by atoms with Crippen LogP contribution < -0.4 is 10.2 Å². The molecule has 1 N–H and O–H groups in total. The topological polar surface area (TPSA) is 75.2 Å². The molecule has 25 heavy (non-hydrogen) atoms. The number of carbonyl (C=O) groups is 2. The van der Waals surface area contributed by atoms with Gasteiger partial charge < -0.3 is 10.2 Å². The summed E-state index contributed by atoms with van der Waals surface area (Å²) in [7, 11) is 0. The Balaban J connectivity index is 1.47. The zero-order chi connectivity index (χ0) is 17.2. The van der Waals surface area contributed by atoms with Crippen LogP contribution in [0.25, 0.3) is 0 Å². The highest BCUT2D eigenvalue weighted by Gasteiger charge is 2.35. The summed E-state index contributed by atoms with van der Waals surface area (Å²) < 4.78 is 0. The van der Waals surface area contributed by atoms with Crippen LogP contribution in [0.15, 0.2) is 42.9 Å². The van der Waals surface area contributed by atoms with E-state index < -0.39 is 6.04 Å². The van der Waals surface area contributed by atoms with E-state index in [0.717, 1.165) is 36.2 Å². The van der Waals surface area contributed by atoms with Crippen LogP contribution in [0.4, 0.5) is 5.69 Å². The van der Waals surface area contributed by atoms with Crippen molar-refractivity contribution >= 4 is 17.5 Å². The number of aryl methyl sites for hydroxylation is 1. The lowest BCUT2D eigenvalue weighted by molar-refractivity contribution is -0.129. The van der Waals surface area contributed by atoms with E-state index in [9.17, 15) is 9.59 Å². The molecule has 2 aromatic heterocycles. The van der Waals surface area contributed by atoms with Crippen molar-refractivity contribution in [2.75, 3.05) is 11.4 Å². The van der Waals surface area contributed by atoms with E-state index in [0.29, 0.717) is 13.0 Å². The first-order valence-corrected chi connectivity index (χ1v) is 8.69. The predicted octanol–water partition coefficient (Wildman–Crippen LogP) is 1.82. The molecule has 6 nitrogen and oxygen atoms in total. The summed E-state index contributed by atoms with van der Waals surface area (Å²) in [5.74, 6) is -0.409. The SMILES string of the molecule is O=C(NC1CCCN(c2cccnc2)C1=O)C1CCc2cccnc21. The Hall–Kier alpha value is -2.76. The Bertz CT molecular complexity index is 793. The van der Waals surface area contributed by atoms with E-state index in [4.69, 9.17) is 0 Å². The summed E-state index contributed by atoms with van der Waals surface area (Å²) in [4.78, 5) is 35.7. The van der Waals surface area contributed by atoms with E-state index in [-0.39, 0.29) is 17.7 Å². The lowest BCUT2D eigenvalue weighted by atomic mass is 10.0. The maximum atomic E-state index is 12.8. The van der Waals surface area contributed by atoms with Crippen LogP contribution in [0.5, 0.6) is 0 Å². The number of carbonyl (C=O) groups excluding carboxylic acids is 2. The van der Waals surface area contributed by atoms with E-state index in [1.54, 1.807) is 23.5 Å². The van der Waals surface area contributed by atoms with E-state index >= 15 is 0 Å². The lowest BCUT2D eigenvalue weighted by Gasteiger charge is -2.32. The molecular formula is C19H20N4O2. The average molecular weight is 336 g/mol. The summed E-state index contributed by atoms with van der Waals surface area (Å²) in [5.41, 5.74) is 2.77. The van der Waals surface area contributed by atoms with Crippen molar-refractivity contribution in [3.05, 3.63) is 54.1 Å². The normalized spacial score (nSPS) is 22.6. The molecule has 2 aliphatic rings. The van der Waals surface area contributed by atoms with Gasteiger partial charge >= 0.3 is 0 Å². The standard InChI is InChI=1S/C19H20N4O2/c24-18(15-8-7-13-4-1-10-21-17(13)15)22-16-6-3-11-23(19(16)25)14-5-2-9-20-12-14/h1-2,4-5,9-10,12,15-16H,3,6-8,11H2,(H,22,24). The number of pyridine rings is 2. The highest BCUT2D eigenvalue weighted by Crippen LogP contribution is 2.31. The van der Waals surface area contributed by atoms with Gasteiger partial charge in [-0.05, 0) is 49.4 Å². The highest BCUT2D eigenvalue weighted by molar-refractivity contribution is 6.00. The van der Waals surface area contributed by atoms with Crippen molar-refractivity contribution in [1.29, 1.82) is 0 Å². The number of nitrogens with zero attached hydrogens (tertiary/aromatic N) is 3. The molecule has 1 fully saturated rings. The van der Waals surface area contributed by atoms with Gasteiger partial charge in [-0.25, -0.2) is 0 Å². The molecule has 0 bridgehead atoms. The molecule has 128 valence electrons. The molecule has 6 heteroatoms. The second-order valence-corrected chi connectivity index (χ2v) is 6.54. The van der Waals surface area contributed by atoms with Crippen LogP contribution in [0.1, 0.15) is 36.4 Å². The molecule has 1 aliphatic heterocycles. The maximum absolute atomic E-state index is 12.8. The Morgan fingerprint density at radius 3 is 2.92 bits per heavy atom.